The second-order valence-electron chi connectivity index (χ2n) is 3.44. The smallest absolute Gasteiger partial charge is 0.129 e. The Hall–Kier alpha value is -2.01. The quantitative estimate of drug-likeness (QED) is 0.367. The predicted molar refractivity (Wildman–Crippen MR) is 73.4 cm³/mol. The Morgan fingerprint density at radius 2 is 2.12 bits per heavy atom. The second-order valence-corrected chi connectivity index (χ2v) is 4.56. The number of benzene rings is 1. The zero-order valence-electron chi connectivity index (χ0n) is 9.13. The molecule has 0 saturated carbocycles. The van der Waals surface area contributed by atoms with Crippen LogP contribution < -0.4 is 11.6 Å². The first-order valence-corrected chi connectivity index (χ1v) is 5.76. The largest absolute Gasteiger partial charge is 0.394 e. The van der Waals surface area contributed by atoms with Crippen LogP contribution in [0, 0.1) is 0 Å². The molecular formula is C12H12N4S. The van der Waals surface area contributed by atoms with Crippen LogP contribution in [0.1, 0.15) is 5.56 Å². The highest BCUT2D eigenvalue weighted by Crippen LogP contribution is 2.21. The molecule has 5 heteroatoms. The monoisotopic (exact) mass is 244 g/mol. The van der Waals surface area contributed by atoms with Crippen LogP contribution in [0.3, 0.4) is 0 Å². The van der Waals surface area contributed by atoms with Gasteiger partial charge in [0.15, 0.2) is 0 Å². The van der Waals surface area contributed by atoms with Gasteiger partial charge in [0.05, 0.1) is 5.03 Å². The number of aromatic nitrogens is 1. The summed E-state index contributed by atoms with van der Waals surface area (Å²) in [6, 6.07) is 7.85. The molecule has 0 unspecified atom stereocenters. The lowest BCUT2D eigenvalue weighted by Crippen LogP contribution is -2.03. The first-order chi connectivity index (χ1) is 8.20. The number of hydrogen-bond donors (Lipinski definition) is 2. The fourth-order valence-corrected chi connectivity index (χ4v) is 2.05. The summed E-state index contributed by atoms with van der Waals surface area (Å²) in [5.41, 5.74) is 6.46. The van der Waals surface area contributed by atoms with Crippen molar-refractivity contribution < 1.29 is 0 Å². The molecule has 0 bridgehead atoms. The van der Waals surface area contributed by atoms with Gasteiger partial charge in [0, 0.05) is 23.3 Å². The van der Waals surface area contributed by atoms with Gasteiger partial charge in [-0.2, -0.15) is 5.10 Å². The number of thioether (sulfide) groups is 1. The standard InChI is InChI=1S/C12H12N4S/c1-8(13)17-12(16-14)10-2-3-11-7-15-5-4-9(11)6-10/h2-7H,1,13-14H2/b16-12-. The molecule has 0 amide bonds. The van der Waals surface area contributed by atoms with Crippen molar-refractivity contribution in [2.45, 2.75) is 0 Å². The summed E-state index contributed by atoms with van der Waals surface area (Å²) in [4.78, 5) is 4.06. The number of rotatable bonds is 2. The van der Waals surface area contributed by atoms with E-state index >= 15 is 0 Å². The van der Waals surface area contributed by atoms with Crippen molar-refractivity contribution >= 4 is 27.6 Å². The minimum absolute atomic E-state index is 0.462. The van der Waals surface area contributed by atoms with Gasteiger partial charge in [-0.15, -0.1) is 0 Å². The molecule has 2 rings (SSSR count). The molecule has 1 aromatic heterocycles. The molecule has 4 N–H and O–H groups in total. The van der Waals surface area contributed by atoms with Crippen LogP contribution in [-0.2, 0) is 0 Å². The number of nitrogens with zero attached hydrogens (tertiary/aromatic N) is 2. The summed E-state index contributed by atoms with van der Waals surface area (Å²) in [7, 11) is 0. The summed E-state index contributed by atoms with van der Waals surface area (Å²) in [5, 5.41) is 7.00. The van der Waals surface area contributed by atoms with E-state index in [2.05, 4.69) is 16.7 Å². The van der Waals surface area contributed by atoms with Gasteiger partial charge in [-0.25, -0.2) is 0 Å². The minimum Gasteiger partial charge on any atom is -0.394 e. The Bertz CT molecular complexity index is 592. The van der Waals surface area contributed by atoms with Crippen LogP contribution in [0.2, 0.25) is 0 Å². The third kappa shape index (κ3) is 2.57. The fourth-order valence-electron chi connectivity index (χ4n) is 1.50. The highest BCUT2D eigenvalue weighted by Gasteiger charge is 2.06. The molecule has 0 aliphatic rings. The molecule has 0 saturated heterocycles. The lowest BCUT2D eigenvalue weighted by atomic mass is 10.1. The van der Waals surface area contributed by atoms with E-state index in [-0.39, 0.29) is 0 Å². The molecule has 17 heavy (non-hydrogen) atoms. The first kappa shape index (κ1) is 11.5. The zero-order chi connectivity index (χ0) is 12.3. The summed E-state index contributed by atoms with van der Waals surface area (Å²) in [5.74, 6) is 5.36. The Morgan fingerprint density at radius 3 is 2.82 bits per heavy atom. The molecule has 0 aliphatic heterocycles. The van der Waals surface area contributed by atoms with Gasteiger partial charge in [0.25, 0.3) is 0 Å². The maximum Gasteiger partial charge on any atom is 0.129 e. The third-order valence-corrected chi connectivity index (χ3v) is 3.03. The van der Waals surface area contributed by atoms with E-state index in [1.165, 1.54) is 11.8 Å². The molecule has 0 fully saturated rings. The summed E-state index contributed by atoms with van der Waals surface area (Å²) in [6.07, 6.45) is 3.56. The normalized spacial score (nSPS) is 11.6. The average molecular weight is 244 g/mol. The molecule has 0 radical (unpaired) electrons. The van der Waals surface area contributed by atoms with Crippen molar-refractivity contribution in [1.82, 2.24) is 4.98 Å². The summed E-state index contributed by atoms with van der Waals surface area (Å²) in [6.45, 7) is 3.63. The zero-order valence-corrected chi connectivity index (χ0v) is 9.95. The Morgan fingerprint density at radius 1 is 1.29 bits per heavy atom. The van der Waals surface area contributed by atoms with Crippen molar-refractivity contribution in [1.29, 1.82) is 0 Å². The van der Waals surface area contributed by atoms with Gasteiger partial charge in [-0.1, -0.05) is 30.5 Å². The van der Waals surface area contributed by atoms with Crippen LogP contribution in [0.25, 0.3) is 10.8 Å². The first-order valence-electron chi connectivity index (χ1n) is 4.95. The van der Waals surface area contributed by atoms with E-state index in [1.807, 2.05) is 30.5 Å². The lowest BCUT2D eigenvalue weighted by molar-refractivity contribution is 1.26. The molecule has 0 aliphatic carbocycles. The topological polar surface area (TPSA) is 77.3 Å². The van der Waals surface area contributed by atoms with Gasteiger partial charge >= 0.3 is 0 Å². The second kappa shape index (κ2) is 4.88. The van der Waals surface area contributed by atoms with Gasteiger partial charge in [-0.3, -0.25) is 4.98 Å². The maximum absolute atomic E-state index is 5.54. The van der Waals surface area contributed by atoms with Gasteiger partial charge in [-0.05, 0) is 17.5 Å². The van der Waals surface area contributed by atoms with E-state index in [0.29, 0.717) is 10.1 Å². The van der Waals surface area contributed by atoms with Crippen molar-refractivity contribution in [2.75, 3.05) is 0 Å². The fraction of sp³-hybridized carbons (Fsp3) is 0. The number of pyridine rings is 1. The SMILES string of the molecule is C=C(N)S/C(=N\N)c1ccc2cnccc2c1. The van der Waals surface area contributed by atoms with E-state index in [4.69, 9.17) is 11.6 Å². The Balaban J connectivity index is 2.45. The van der Waals surface area contributed by atoms with E-state index in [0.717, 1.165) is 16.3 Å². The highest BCUT2D eigenvalue weighted by atomic mass is 32.2. The number of nitrogens with two attached hydrogens (primary N) is 2. The maximum atomic E-state index is 5.54. The number of fused-ring (bicyclic) bond motifs is 1. The molecule has 1 heterocycles. The van der Waals surface area contributed by atoms with Crippen molar-refractivity contribution in [3.05, 3.63) is 53.8 Å². The van der Waals surface area contributed by atoms with Crippen molar-refractivity contribution in [3.63, 3.8) is 0 Å². The average Bonchev–Trinajstić information content (AvgIpc) is 2.35. The third-order valence-electron chi connectivity index (χ3n) is 2.23. The van der Waals surface area contributed by atoms with Crippen LogP contribution in [-0.4, -0.2) is 10.0 Å². The van der Waals surface area contributed by atoms with Crippen LogP contribution in [0.15, 0.2) is 53.4 Å². The summed E-state index contributed by atoms with van der Waals surface area (Å²) >= 11 is 1.25. The van der Waals surface area contributed by atoms with Crippen molar-refractivity contribution in [2.24, 2.45) is 16.7 Å². The summed E-state index contributed by atoms with van der Waals surface area (Å²) < 4.78 is 0. The van der Waals surface area contributed by atoms with Gasteiger partial charge in [0.2, 0.25) is 0 Å². The van der Waals surface area contributed by atoms with Crippen LogP contribution >= 0.6 is 11.8 Å². The van der Waals surface area contributed by atoms with Crippen LogP contribution in [0.4, 0.5) is 0 Å². The number of hydrogen-bond acceptors (Lipinski definition) is 5. The van der Waals surface area contributed by atoms with Gasteiger partial charge in [0.1, 0.15) is 5.04 Å². The van der Waals surface area contributed by atoms with Gasteiger partial charge < -0.3 is 11.6 Å². The predicted octanol–water partition coefficient (Wildman–Crippen LogP) is 2.02. The van der Waals surface area contributed by atoms with Crippen LogP contribution in [0.5, 0.6) is 0 Å². The molecule has 1 aromatic carbocycles. The van der Waals surface area contributed by atoms with E-state index < -0.39 is 0 Å². The number of hydrazone groups is 1. The minimum atomic E-state index is 0.462. The Kier molecular flexibility index (Phi) is 3.30. The molecule has 4 nitrogen and oxygen atoms in total. The Labute approximate surface area is 103 Å². The molecular weight excluding hydrogens is 232 g/mol. The molecule has 0 spiro atoms. The highest BCUT2D eigenvalue weighted by molar-refractivity contribution is 8.17. The molecule has 2 aromatic rings. The molecule has 0 atom stereocenters. The van der Waals surface area contributed by atoms with Crippen molar-refractivity contribution in [3.8, 4) is 0 Å². The van der Waals surface area contributed by atoms with E-state index in [1.54, 1.807) is 6.20 Å². The molecule has 86 valence electrons. The lowest BCUT2D eigenvalue weighted by Gasteiger charge is -2.05. The van der Waals surface area contributed by atoms with E-state index in [9.17, 15) is 0 Å².